The number of nitrogens with zero attached hydrogens (tertiary/aromatic N) is 1. The number of hydrogen-bond acceptors (Lipinski definition) is 3. The van der Waals surface area contributed by atoms with Crippen molar-refractivity contribution in [3.8, 4) is 0 Å². The van der Waals surface area contributed by atoms with E-state index in [1.807, 2.05) is 37.2 Å². The first-order valence-corrected chi connectivity index (χ1v) is 6.49. The van der Waals surface area contributed by atoms with E-state index in [1.54, 1.807) is 6.07 Å². The smallest absolute Gasteiger partial charge is 0.319 e. The Balaban J connectivity index is 1.94. The van der Waals surface area contributed by atoms with Gasteiger partial charge in [-0.2, -0.15) is 0 Å². The molecule has 0 unspecified atom stereocenters. The molecule has 108 valence electrons. The minimum absolute atomic E-state index is 0.165. The Morgan fingerprint density at radius 2 is 1.95 bits per heavy atom. The topological polar surface area (TPSA) is 81.7 Å². The average Bonchev–Trinajstić information content (AvgIpc) is 3.18. The fraction of sp³-hybridized carbons (Fsp3) is 0.429. The maximum Gasteiger partial charge on any atom is 0.319 e. The Hall–Kier alpha value is -2.24. The number of carboxylic acid groups (broad SMARTS) is 1. The van der Waals surface area contributed by atoms with E-state index in [4.69, 9.17) is 5.11 Å². The first-order valence-electron chi connectivity index (χ1n) is 6.49. The number of carbonyl (C=O) groups excluding carboxylic acids is 1. The minimum atomic E-state index is -0.841. The van der Waals surface area contributed by atoms with Gasteiger partial charge in [0, 0.05) is 20.6 Å². The molecule has 2 rings (SSSR count). The first kappa shape index (κ1) is 14.2. The van der Waals surface area contributed by atoms with Crippen LogP contribution >= 0.6 is 0 Å². The first-order chi connectivity index (χ1) is 9.44. The number of nitrogens with one attached hydrogen (secondary N) is 2. The number of benzene rings is 1. The summed E-state index contributed by atoms with van der Waals surface area (Å²) in [6.45, 7) is 0.165. The summed E-state index contributed by atoms with van der Waals surface area (Å²) < 4.78 is 0. The van der Waals surface area contributed by atoms with Gasteiger partial charge in [0.2, 0.25) is 0 Å². The highest BCUT2D eigenvalue weighted by molar-refractivity contribution is 5.93. The Morgan fingerprint density at radius 3 is 2.50 bits per heavy atom. The van der Waals surface area contributed by atoms with Gasteiger partial charge in [-0.25, -0.2) is 4.79 Å². The van der Waals surface area contributed by atoms with Gasteiger partial charge in [0.1, 0.15) is 0 Å². The molecule has 0 radical (unpaired) electrons. The van der Waals surface area contributed by atoms with Crippen molar-refractivity contribution in [1.29, 1.82) is 0 Å². The van der Waals surface area contributed by atoms with Crippen molar-refractivity contribution in [3.05, 3.63) is 24.3 Å². The van der Waals surface area contributed by atoms with Crippen LogP contribution in [0.5, 0.6) is 0 Å². The molecule has 0 aliphatic heterocycles. The molecule has 1 fully saturated rings. The van der Waals surface area contributed by atoms with E-state index < -0.39 is 11.4 Å². The molecule has 0 bridgehead atoms. The molecule has 1 saturated carbocycles. The molecule has 0 aromatic heterocycles. The molecule has 20 heavy (non-hydrogen) atoms. The quantitative estimate of drug-likeness (QED) is 0.765. The molecule has 0 saturated heterocycles. The second-order valence-corrected chi connectivity index (χ2v) is 5.30. The number of carboxylic acids is 1. The van der Waals surface area contributed by atoms with E-state index in [0.29, 0.717) is 18.5 Å². The third kappa shape index (κ3) is 3.01. The summed E-state index contributed by atoms with van der Waals surface area (Å²) in [6, 6.07) is 7.05. The maximum atomic E-state index is 11.9. The fourth-order valence-electron chi connectivity index (χ4n) is 2.00. The third-order valence-electron chi connectivity index (χ3n) is 3.53. The molecule has 2 amide bonds. The number of urea groups is 1. The van der Waals surface area contributed by atoms with E-state index >= 15 is 0 Å². The second kappa shape index (κ2) is 5.40. The lowest BCUT2D eigenvalue weighted by Gasteiger charge is -2.18. The highest BCUT2D eigenvalue weighted by atomic mass is 16.4. The zero-order chi connectivity index (χ0) is 14.8. The van der Waals surface area contributed by atoms with Crippen molar-refractivity contribution in [1.82, 2.24) is 5.32 Å². The standard InChI is InChI=1S/C14H19N3O3/c1-17(2)11-6-4-3-5-10(11)16-13(20)15-9-14(7-8-14)12(18)19/h3-6H,7-9H2,1-2H3,(H,18,19)(H2,15,16,20). The Kier molecular flexibility index (Phi) is 3.83. The summed E-state index contributed by atoms with van der Waals surface area (Å²) >= 11 is 0. The summed E-state index contributed by atoms with van der Waals surface area (Å²) in [5.41, 5.74) is 0.829. The monoisotopic (exact) mass is 277 g/mol. The zero-order valence-corrected chi connectivity index (χ0v) is 11.6. The van der Waals surface area contributed by atoms with Gasteiger partial charge in [0.05, 0.1) is 16.8 Å². The highest BCUT2D eigenvalue weighted by Crippen LogP contribution is 2.45. The van der Waals surface area contributed by atoms with Crippen LogP contribution in [0.15, 0.2) is 24.3 Å². The van der Waals surface area contributed by atoms with Crippen molar-refractivity contribution in [2.75, 3.05) is 30.9 Å². The maximum absolute atomic E-state index is 11.9. The lowest BCUT2D eigenvalue weighted by atomic mass is 10.1. The van der Waals surface area contributed by atoms with Gasteiger partial charge in [0.15, 0.2) is 0 Å². The van der Waals surface area contributed by atoms with Crippen LogP contribution in [-0.4, -0.2) is 37.7 Å². The summed E-state index contributed by atoms with van der Waals surface area (Å²) in [5.74, 6) is -0.841. The van der Waals surface area contributed by atoms with Crippen molar-refractivity contribution >= 4 is 23.4 Å². The van der Waals surface area contributed by atoms with Crippen LogP contribution in [0.1, 0.15) is 12.8 Å². The predicted molar refractivity (Wildman–Crippen MR) is 77.1 cm³/mol. The van der Waals surface area contributed by atoms with E-state index in [0.717, 1.165) is 5.69 Å². The van der Waals surface area contributed by atoms with Gasteiger partial charge in [-0.15, -0.1) is 0 Å². The molecule has 6 nitrogen and oxygen atoms in total. The highest BCUT2D eigenvalue weighted by Gasteiger charge is 2.50. The molecular formula is C14H19N3O3. The largest absolute Gasteiger partial charge is 0.481 e. The van der Waals surface area contributed by atoms with Crippen molar-refractivity contribution in [2.24, 2.45) is 5.41 Å². The van der Waals surface area contributed by atoms with E-state index in [1.165, 1.54) is 0 Å². The molecule has 0 heterocycles. The number of hydrogen-bond donors (Lipinski definition) is 3. The molecular weight excluding hydrogens is 258 g/mol. The lowest BCUT2D eigenvalue weighted by molar-refractivity contribution is -0.143. The van der Waals surface area contributed by atoms with Crippen LogP contribution in [0.4, 0.5) is 16.2 Å². The minimum Gasteiger partial charge on any atom is -0.481 e. The van der Waals surface area contributed by atoms with Crippen LogP contribution in [0.3, 0.4) is 0 Å². The molecule has 1 aliphatic carbocycles. The van der Waals surface area contributed by atoms with Crippen LogP contribution in [0, 0.1) is 5.41 Å². The second-order valence-electron chi connectivity index (χ2n) is 5.30. The van der Waals surface area contributed by atoms with Gasteiger partial charge in [-0.1, -0.05) is 12.1 Å². The third-order valence-corrected chi connectivity index (χ3v) is 3.53. The van der Waals surface area contributed by atoms with E-state index in [-0.39, 0.29) is 12.6 Å². The number of anilines is 2. The number of para-hydroxylation sites is 2. The molecule has 3 N–H and O–H groups in total. The normalized spacial score (nSPS) is 15.3. The van der Waals surface area contributed by atoms with Gasteiger partial charge < -0.3 is 20.6 Å². The van der Waals surface area contributed by atoms with Crippen LogP contribution < -0.4 is 15.5 Å². The van der Waals surface area contributed by atoms with Crippen molar-refractivity contribution in [2.45, 2.75) is 12.8 Å². The van der Waals surface area contributed by atoms with Crippen LogP contribution in [-0.2, 0) is 4.79 Å². The summed E-state index contributed by atoms with van der Waals surface area (Å²) in [5, 5.41) is 14.4. The molecule has 1 aromatic carbocycles. The zero-order valence-electron chi connectivity index (χ0n) is 11.6. The van der Waals surface area contributed by atoms with Crippen molar-refractivity contribution < 1.29 is 14.7 Å². The lowest BCUT2D eigenvalue weighted by Crippen LogP contribution is -2.37. The number of amides is 2. The van der Waals surface area contributed by atoms with Crippen LogP contribution in [0.2, 0.25) is 0 Å². The Bertz CT molecular complexity index is 524. The Labute approximate surface area is 117 Å². The van der Waals surface area contributed by atoms with Gasteiger partial charge in [0.25, 0.3) is 0 Å². The molecule has 0 spiro atoms. The SMILES string of the molecule is CN(C)c1ccccc1NC(=O)NCC1(C(=O)O)CC1. The molecule has 6 heteroatoms. The molecule has 1 aromatic rings. The number of carbonyl (C=O) groups is 2. The summed E-state index contributed by atoms with van der Waals surface area (Å²) in [4.78, 5) is 24.8. The predicted octanol–water partition coefficient (Wildman–Crippen LogP) is 1.74. The fourth-order valence-corrected chi connectivity index (χ4v) is 2.00. The molecule has 1 aliphatic rings. The van der Waals surface area contributed by atoms with Gasteiger partial charge >= 0.3 is 12.0 Å². The van der Waals surface area contributed by atoms with Gasteiger partial charge in [-0.05, 0) is 25.0 Å². The Morgan fingerprint density at radius 1 is 1.30 bits per heavy atom. The number of rotatable bonds is 5. The van der Waals surface area contributed by atoms with Crippen molar-refractivity contribution in [3.63, 3.8) is 0 Å². The summed E-state index contributed by atoms with van der Waals surface area (Å²) in [6.07, 6.45) is 1.24. The summed E-state index contributed by atoms with van der Waals surface area (Å²) in [7, 11) is 3.78. The number of aliphatic carboxylic acids is 1. The van der Waals surface area contributed by atoms with E-state index in [2.05, 4.69) is 10.6 Å². The molecule has 0 atom stereocenters. The van der Waals surface area contributed by atoms with Crippen LogP contribution in [0.25, 0.3) is 0 Å². The van der Waals surface area contributed by atoms with E-state index in [9.17, 15) is 9.59 Å². The average molecular weight is 277 g/mol. The van der Waals surface area contributed by atoms with Gasteiger partial charge in [-0.3, -0.25) is 4.79 Å².